The van der Waals surface area contributed by atoms with Crippen LogP contribution in [0.4, 0.5) is 0 Å². The Morgan fingerprint density at radius 1 is 1.08 bits per heavy atom. The van der Waals surface area contributed by atoms with Crippen LogP contribution in [0.15, 0.2) is 71.7 Å². The molecule has 128 valence electrons. The maximum Gasteiger partial charge on any atom is 0.240 e. The first-order chi connectivity index (χ1) is 12.0. The summed E-state index contributed by atoms with van der Waals surface area (Å²) in [4.78, 5) is 24.2. The predicted molar refractivity (Wildman–Crippen MR) is 97.2 cm³/mol. The molecule has 1 amide bonds. The molecule has 1 aromatic heterocycles. The highest BCUT2D eigenvalue weighted by Crippen LogP contribution is 2.19. The molecule has 0 bridgehead atoms. The van der Waals surface area contributed by atoms with Crippen molar-refractivity contribution >= 4 is 16.8 Å². The normalized spacial score (nSPS) is 13.4. The van der Waals surface area contributed by atoms with Crippen LogP contribution in [-0.2, 0) is 16.9 Å². The highest BCUT2D eigenvalue weighted by Gasteiger charge is 2.23. The summed E-state index contributed by atoms with van der Waals surface area (Å²) in [5.74, 6) is -0.231. The number of hydrogen-bond acceptors (Lipinski definition) is 3. The van der Waals surface area contributed by atoms with Gasteiger partial charge in [-0.05, 0) is 24.6 Å². The topological polar surface area (TPSA) is 71.3 Å². The van der Waals surface area contributed by atoms with Gasteiger partial charge in [0.25, 0.3) is 0 Å². The van der Waals surface area contributed by atoms with Gasteiger partial charge < -0.3 is 15.0 Å². The molecule has 3 aromatic rings. The van der Waals surface area contributed by atoms with Crippen molar-refractivity contribution in [2.24, 2.45) is 0 Å². The zero-order valence-corrected chi connectivity index (χ0v) is 14.0. The Bertz CT molecular complexity index is 946. The minimum absolute atomic E-state index is 0.0701. The van der Waals surface area contributed by atoms with Crippen molar-refractivity contribution in [1.82, 2.24) is 9.88 Å². The number of pyridine rings is 1. The summed E-state index contributed by atoms with van der Waals surface area (Å²) in [5, 5.41) is 13.9. The molecule has 3 rings (SSSR count). The first kappa shape index (κ1) is 16.9. The van der Waals surface area contributed by atoms with Crippen LogP contribution in [0.25, 0.3) is 10.9 Å². The summed E-state index contributed by atoms with van der Waals surface area (Å²) in [6, 6.07) is 17.8. The van der Waals surface area contributed by atoms with Crippen LogP contribution in [0.3, 0.4) is 0 Å². The third-order valence-electron chi connectivity index (χ3n) is 4.22. The lowest BCUT2D eigenvalue weighted by atomic mass is 9.96. The molecule has 1 unspecified atom stereocenters. The van der Waals surface area contributed by atoms with Crippen molar-refractivity contribution in [3.8, 4) is 0 Å². The van der Waals surface area contributed by atoms with Crippen LogP contribution in [0.2, 0.25) is 0 Å². The van der Waals surface area contributed by atoms with Gasteiger partial charge >= 0.3 is 0 Å². The molecule has 0 fully saturated rings. The number of nitrogens with zero attached hydrogens (tertiary/aromatic N) is 1. The van der Waals surface area contributed by atoms with Gasteiger partial charge in [0.2, 0.25) is 5.91 Å². The van der Waals surface area contributed by atoms with Gasteiger partial charge in [0.1, 0.15) is 12.1 Å². The Hall–Kier alpha value is -2.92. The summed E-state index contributed by atoms with van der Waals surface area (Å²) in [7, 11) is 0. The number of rotatable bonds is 5. The third kappa shape index (κ3) is 3.78. The van der Waals surface area contributed by atoms with Crippen molar-refractivity contribution in [3.63, 3.8) is 0 Å². The number of aromatic nitrogens is 1. The van der Waals surface area contributed by atoms with Gasteiger partial charge in [-0.15, -0.1) is 0 Å². The van der Waals surface area contributed by atoms with Gasteiger partial charge in [0.15, 0.2) is 5.43 Å². The number of carbonyl (C=O) groups excluding carboxylic acids is 1. The fourth-order valence-electron chi connectivity index (χ4n) is 2.78. The zero-order valence-electron chi connectivity index (χ0n) is 14.0. The number of hydrogen-bond donors (Lipinski definition) is 2. The molecule has 0 radical (unpaired) electrons. The minimum Gasteiger partial charge on any atom is -0.384 e. The van der Waals surface area contributed by atoms with E-state index in [9.17, 15) is 14.7 Å². The summed E-state index contributed by atoms with van der Waals surface area (Å²) in [6.07, 6.45) is 1.61. The Kier molecular flexibility index (Phi) is 4.67. The Labute approximate surface area is 145 Å². The molecular weight excluding hydrogens is 316 g/mol. The van der Waals surface area contributed by atoms with Gasteiger partial charge in [0, 0.05) is 17.6 Å². The second-order valence-corrected chi connectivity index (χ2v) is 6.24. The van der Waals surface area contributed by atoms with Gasteiger partial charge in [0.05, 0.1) is 12.1 Å². The summed E-state index contributed by atoms with van der Waals surface area (Å²) >= 11 is 0. The van der Waals surface area contributed by atoms with E-state index in [1.165, 1.54) is 6.07 Å². The highest BCUT2D eigenvalue weighted by atomic mass is 16.3. The van der Waals surface area contributed by atoms with Crippen molar-refractivity contribution in [3.05, 3.63) is 82.6 Å². The van der Waals surface area contributed by atoms with E-state index in [0.717, 1.165) is 5.56 Å². The van der Waals surface area contributed by atoms with E-state index in [-0.39, 0.29) is 24.4 Å². The maximum absolute atomic E-state index is 12.3. The van der Waals surface area contributed by atoms with Crippen LogP contribution < -0.4 is 10.7 Å². The van der Waals surface area contributed by atoms with Gasteiger partial charge in [-0.25, -0.2) is 0 Å². The largest absolute Gasteiger partial charge is 0.384 e. The standard InChI is InChI=1S/C20H20N2O3/c1-20(25,15-7-3-2-4-8-15)14-21-19(24)13-22-12-11-18(23)16-9-5-6-10-17(16)22/h2-12,25H,13-14H2,1H3,(H,21,24). The lowest BCUT2D eigenvalue weighted by Gasteiger charge is -2.24. The second kappa shape index (κ2) is 6.91. The number of carbonyl (C=O) groups is 1. The highest BCUT2D eigenvalue weighted by molar-refractivity contribution is 5.82. The van der Waals surface area contributed by atoms with E-state index in [2.05, 4.69) is 5.32 Å². The SMILES string of the molecule is CC(O)(CNC(=O)Cn1ccc(=O)c2ccccc21)c1ccccc1. The van der Waals surface area contributed by atoms with E-state index in [1.807, 2.05) is 42.5 Å². The quantitative estimate of drug-likeness (QED) is 0.749. The molecule has 0 aliphatic carbocycles. The molecule has 1 heterocycles. The van der Waals surface area contributed by atoms with Gasteiger partial charge in [-0.1, -0.05) is 42.5 Å². The fraction of sp³-hybridized carbons (Fsp3) is 0.200. The maximum atomic E-state index is 12.3. The molecule has 0 saturated heterocycles. The van der Waals surface area contributed by atoms with Crippen molar-refractivity contribution in [1.29, 1.82) is 0 Å². The first-order valence-corrected chi connectivity index (χ1v) is 8.10. The Balaban J connectivity index is 1.72. The minimum atomic E-state index is -1.15. The summed E-state index contributed by atoms with van der Waals surface area (Å²) in [5.41, 5.74) is 0.228. The number of fused-ring (bicyclic) bond motifs is 1. The molecule has 5 heteroatoms. The molecule has 2 aromatic carbocycles. The average Bonchev–Trinajstić information content (AvgIpc) is 2.63. The van der Waals surface area contributed by atoms with E-state index in [0.29, 0.717) is 10.9 Å². The monoisotopic (exact) mass is 336 g/mol. The third-order valence-corrected chi connectivity index (χ3v) is 4.22. The van der Waals surface area contributed by atoms with Crippen molar-refractivity contribution in [2.45, 2.75) is 19.1 Å². The van der Waals surface area contributed by atoms with Gasteiger partial charge in [-0.2, -0.15) is 0 Å². The molecule has 0 aliphatic heterocycles. The molecule has 0 saturated carbocycles. The predicted octanol–water partition coefficient (Wildman–Crippen LogP) is 2.03. The van der Waals surface area contributed by atoms with E-state index in [4.69, 9.17) is 0 Å². The first-order valence-electron chi connectivity index (χ1n) is 8.10. The number of nitrogens with one attached hydrogen (secondary N) is 1. The average molecular weight is 336 g/mol. The van der Waals surface area contributed by atoms with E-state index >= 15 is 0 Å². The number of aliphatic hydroxyl groups is 1. The lowest BCUT2D eigenvalue weighted by Crippen LogP contribution is -2.40. The Morgan fingerprint density at radius 3 is 2.52 bits per heavy atom. The van der Waals surface area contributed by atoms with Crippen LogP contribution >= 0.6 is 0 Å². The molecule has 0 aliphatic rings. The summed E-state index contributed by atoms with van der Waals surface area (Å²) < 4.78 is 1.73. The molecule has 1 atom stereocenters. The van der Waals surface area contributed by atoms with Crippen molar-refractivity contribution < 1.29 is 9.90 Å². The van der Waals surface area contributed by atoms with E-state index < -0.39 is 5.60 Å². The smallest absolute Gasteiger partial charge is 0.240 e. The number of para-hydroxylation sites is 1. The Morgan fingerprint density at radius 2 is 1.76 bits per heavy atom. The zero-order chi connectivity index (χ0) is 17.9. The van der Waals surface area contributed by atoms with E-state index in [1.54, 1.807) is 29.8 Å². The number of benzene rings is 2. The van der Waals surface area contributed by atoms with Crippen LogP contribution in [-0.4, -0.2) is 22.1 Å². The summed E-state index contributed by atoms with van der Waals surface area (Å²) in [6.45, 7) is 1.84. The van der Waals surface area contributed by atoms with Crippen molar-refractivity contribution in [2.75, 3.05) is 6.54 Å². The second-order valence-electron chi connectivity index (χ2n) is 6.24. The molecule has 0 spiro atoms. The molecule has 2 N–H and O–H groups in total. The lowest BCUT2D eigenvalue weighted by molar-refractivity contribution is -0.122. The van der Waals surface area contributed by atoms with Gasteiger partial charge in [-0.3, -0.25) is 9.59 Å². The number of amides is 1. The van der Waals surface area contributed by atoms with Crippen LogP contribution in [0.1, 0.15) is 12.5 Å². The van der Waals surface area contributed by atoms with Crippen LogP contribution in [0.5, 0.6) is 0 Å². The van der Waals surface area contributed by atoms with Crippen LogP contribution in [0, 0.1) is 0 Å². The molecule has 5 nitrogen and oxygen atoms in total. The molecular formula is C20H20N2O3. The molecule has 25 heavy (non-hydrogen) atoms. The fourth-order valence-corrected chi connectivity index (χ4v) is 2.78.